The van der Waals surface area contributed by atoms with Crippen molar-refractivity contribution in [3.63, 3.8) is 0 Å². The fourth-order valence-corrected chi connectivity index (χ4v) is 1.56. The highest BCUT2D eigenvalue weighted by molar-refractivity contribution is 7.85. The molecule has 0 fully saturated rings. The Morgan fingerprint density at radius 3 is 2.44 bits per heavy atom. The molecule has 1 N–H and O–H groups in total. The molecule has 0 aromatic carbocycles. The van der Waals surface area contributed by atoms with Crippen LogP contribution in [0.25, 0.3) is 0 Å². The molecule has 1 heterocycles. The smallest absolute Gasteiger partial charge is 0.265 e. The number of nitrogens with zero attached hydrogens (tertiary/aromatic N) is 2. The van der Waals surface area contributed by atoms with Gasteiger partial charge in [-0.1, -0.05) is 0 Å². The quantitative estimate of drug-likeness (QED) is 0.212. The summed E-state index contributed by atoms with van der Waals surface area (Å²) in [5, 5.41) is 8.52. The summed E-state index contributed by atoms with van der Waals surface area (Å²) in [5.41, 5.74) is 0. The number of aryl methyl sites for hydroxylation is 2. The van der Waals surface area contributed by atoms with E-state index in [4.69, 9.17) is 18.6 Å². The van der Waals surface area contributed by atoms with Gasteiger partial charge in [-0.3, -0.25) is 4.55 Å². The molecule has 1 aromatic heterocycles. The van der Waals surface area contributed by atoms with Crippen LogP contribution in [0.3, 0.4) is 0 Å². The molecule has 1 atom stereocenters. The van der Waals surface area contributed by atoms with Gasteiger partial charge in [0.25, 0.3) is 10.1 Å². The van der Waals surface area contributed by atoms with Crippen molar-refractivity contribution in [2.45, 2.75) is 13.0 Å². The summed E-state index contributed by atoms with van der Waals surface area (Å²) in [6, 6.07) is 0. The van der Waals surface area contributed by atoms with E-state index in [1.165, 1.54) is 0 Å². The molecular weight excluding hydrogens is 288 g/mol. The molecule has 1 aromatic rings. The van der Waals surface area contributed by atoms with Crippen LogP contribution in [-0.2, 0) is 39.4 Å². The number of imidazole rings is 1. The van der Waals surface area contributed by atoms with E-state index in [0.29, 0.717) is 13.0 Å². The summed E-state index contributed by atoms with van der Waals surface area (Å²) in [7, 11) is -1.92. The van der Waals surface area contributed by atoms with Gasteiger partial charge in [0.1, 0.15) is 12.4 Å². The standard InChI is InChI=1S/C7H12N2O3S.H2O4S/c1-8-4-5-9(7-8)3-2-6-13(10,11)12;1-4-5(2)3/h4-5,7H,2-3,6H2,1H3;1H,(H,2,3)/p-1. The van der Waals surface area contributed by atoms with Crippen LogP contribution in [-0.4, -0.2) is 32.1 Å². The van der Waals surface area contributed by atoms with Crippen LogP contribution >= 0.6 is 0 Å². The molecule has 106 valence electrons. The number of hydrogen-bond donors (Lipinski definition) is 1. The zero-order valence-electron chi connectivity index (χ0n) is 9.46. The van der Waals surface area contributed by atoms with Gasteiger partial charge < -0.3 is 14.1 Å². The van der Waals surface area contributed by atoms with Crippen molar-refractivity contribution >= 4 is 21.5 Å². The minimum Gasteiger partial charge on any atom is -0.750 e. The molecule has 0 spiro atoms. The first-order valence-electron chi connectivity index (χ1n) is 4.60. The molecule has 0 aliphatic carbocycles. The topological polar surface area (TPSA) is 136 Å². The van der Waals surface area contributed by atoms with E-state index >= 15 is 0 Å². The van der Waals surface area contributed by atoms with Gasteiger partial charge in [0.2, 0.25) is 6.33 Å². The second-order valence-electron chi connectivity index (χ2n) is 3.23. The molecule has 1 rings (SSSR count). The lowest BCUT2D eigenvalue weighted by molar-refractivity contribution is -0.671. The van der Waals surface area contributed by atoms with Gasteiger partial charge in [-0.2, -0.15) is 8.42 Å². The van der Waals surface area contributed by atoms with Crippen molar-refractivity contribution in [3.05, 3.63) is 18.7 Å². The van der Waals surface area contributed by atoms with Gasteiger partial charge in [0.05, 0.1) is 30.7 Å². The Hall–Kier alpha value is -0.850. The van der Waals surface area contributed by atoms with Gasteiger partial charge >= 0.3 is 0 Å². The highest BCUT2D eigenvalue weighted by atomic mass is 32.2. The van der Waals surface area contributed by atoms with Crippen LogP contribution < -0.4 is 9.82 Å². The van der Waals surface area contributed by atoms with Crippen LogP contribution in [0.15, 0.2) is 18.7 Å². The van der Waals surface area contributed by atoms with Gasteiger partial charge in [-0.05, 0) is 0 Å². The third kappa shape index (κ3) is 10.3. The Balaban J connectivity index is 0.000000494. The molecular formula is C7H13N2O7S2-. The fraction of sp³-hybridized carbons (Fsp3) is 0.571. The van der Waals surface area contributed by atoms with Crippen LogP contribution in [0.4, 0.5) is 0 Å². The van der Waals surface area contributed by atoms with E-state index in [2.05, 4.69) is 4.33 Å². The van der Waals surface area contributed by atoms with E-state index in [0.717, 1.165) is 0 Å². The molecule has 0 aliphatic heterocycles. The minimum absolute atomic E-state index is 0.186. The lowest BCUT2D eigenvalue weighted by Gasteiger charge is -2.05. The fourth-order valence-electron chi connectivity index (χ4n) is 1.06. The van der Waals surface area contributed by atoms with Crippen molar-refractivity contribution < 1.29 is 35.9 Å². The van der Waals surface area contributed by atoms with E-state index < -0.39 is 21.5 Å². The molecule has 1 unspecified atom stereocenters. The maximum atomic E-state index is 10.4. The van der Waals surface area contributed by atoms with Crippen LogP contribution in [0.2, 0.25) is 0 Å². The summed E-state index contributed by atoms with van der Waals surface area (Å²) in [6.07, 6.45) is 5.99. The second kappa shape index (κ2) is 8.29. The SMILES string of the molecule is C[n+]1ccn(CCCS(=O)(=O)O)c1.O=S([O-])O[O-]. The maximum absolute atomic E-state index is 10.4. The van der Waals surface area contributed by atoms with Crippen molar-refractivity contribution in [3.8, 4) is 0 Å². The average molecular weight is 301 g/mol. The Bertz CT molecular complexity index is 470. The van der Waals surface area contributed by atoms with E-state index in [9.17, 15) is 8.42 Å². The first-order valence-corrected chi connectivity index (χ1v) is 7.21. The summed E-state index contributed by atoms with van der Waals surface area (Å²) < 4.78 is 53.0. The third-order valence-corrected chi connectivity index (χ3v) is 2.61. The summed E-state index contributed by atoms with van der Waals surface area (Å²) in [6.45, 7) is 0.598. The molecule has 0 amide bonds. The maximum Gasteiger partial charge on any atom is 0.265 e. The van der Waals surface area contributed by atoms with Crippen LogP contribution in [0.5, 0.6) is 0 Å². The predicted molar refractivity (Wildman–Crippen MR) is 56.6 cm³/mol. The third-order valence-electron chi connectivity index (χ3n) is 1.70. The highest BCUT2D eigenvalue weighted by Crippen LogP contribution is 1.93. The lowest BCUT2D eigenvalue weighted by Crippen LogP contribution is -2.23. The lowest BCUT2D eigenvalue weighted by atomic mass is 10.5. The van der Waals surface area contributed by atoms with E-state index in [1.54, 1.807) is 0 Å². The largest absolute Gasteiger partial charge is 0.750 e. The van der Waals surface area contributed by atoms with Crippen molar-refractivity contribution in [1.29, 1.82) is 0 Å². The van der Waals surface area contributed by atoms with Crippen molar-refractivity contribution in [2.75, 3.05) is 5.75 Å². The van der Waals surface area contributed by atoms with Crippen molar-refractivity contribution in [1.82, 2.24) is 4.57 Å². The number of rotatable bonds is 5. The normalized spacial score (nSPS) is 12.7. The zero-order valence-corrected chi connectivity index (χ0v) is 11.1. The summed E-state index contributed by atoms with van der Waals surface area (Å²) in [5.74, 6) is -0.186. The molecule has 0 aliphatic rings. The Morgan fingerprint density at radius 1 is 1.56 bits per heavy atom. The van der Waals surface area contributed by atoms with E-state index in [1.807, 2.05) is 34.9 Å². The monoisotopic (exact) mass is 301 g/mol. The van der Waals surface area contributed by atoms with Crippen molar-refractivity contribution in [2.24, 2.45) is 7.05 Å². The summed E-state index contributed by atoms with van der Waals surface area (Å²) in [4.78, 5) is 0. The molecule has 9 nitrogen and oxygen atoms in total. The minimum atomic E-state index is -3.81. The molecule has 0 saturated carbocycles. The Kier molecular flexibility index (Phi) is 7.90. The Labute approximate surface area is 107 Å². The molecule has 0 bridgehead atoms. The van der Waals surface area contributed by atoms with Gasteiger partial charge in [0, 0.05) is 6.42 Å². The van der Waals surface area contributed by atoms with Gasteiger partial charge in [0.15, 0.2) is 0 Å². The summed E-state index contributed by atoms with van der Waals surface area (Å²) >= 11 is -2.88. The first-order chi connectivity index (χ1) is 8.24. The van der Waals surface area contributed by atoms with Gasteiger partial charge in [-0.15, -0.1) is 0 Å². The Morgan fingerprint density at radius 2 is 2.11 bits per heavy atom. The second-order valence-corrected chi connectivity index (χ2v) is 5.35. The van der Waals surface area contributed by atoms with Crippen LogP contribution in [0.1, 0.15) is 6.42 Å². The van der Waals surface area contributed by atoms with E-state index in [-0.39, 0.29) is 5.75 Å². The highest BCUT2D eigenvalue weighted by Gasteiger charge is 2.06. The first kappa shape index (κ1) is 17.2. The number of aromatic nitrogens is 2. The molecule has 0 saturated heterocycles. The predicted octanol–water partition coefficient (Wildman–Crippen LogP) is -2.34. The molecule has 0 radical (unpaired) electrons. The average Bonchev–Trinajstić information content (AvgIpc) is 2.63. The van der Waals surface area contributed by atoms with Crippen LogP contribution in [0, 0.1) is 0 Å². The zero-order chi connectivity index (χ0) is 14.2. The molecule has 18 heavy (non-hydrogen) atoms. The number of hydrogen-bond acceptors (Lipinski definition) is 6. The molecule has 11 heteroatoms. The van der Waals surface area contributed by atoms with Gasteiger partial charge in [-0.25, -0.2) is 13.3 Å².